The van der Waals surface area contributed by atoms with Crippen LogP contribution >= 0.6 is 12.2 Å². The molecule has 118 valence electrons. The maximum atomic E-state index is 13.5. The van der Waals surface area contributed by atoms with Crippen molar-refractivity contribution in [3.63, 3.8) is 0 Å². The van der Waals surface area contributed by atoms with E-state index < -0.39 is 10.7 Å². The molecule has 0 saturated carbocycles. The molecule has 0 radical (unpaired) electrons. The zero-order chi connectivity index (χ0) is 16.8. The lowest BCUT2D eigenvalue weighted by molar-refractivity contribution is -0.384. The molecule has 0 spiro atoms. The Hall–Kier alpha value is -2.87. The van der Waals surface area contributed by atoms with Crippen LogP contribution in [0.1, 0.15) is 12.5 Å². The van der Waals surface area contributed by atoms with Crippen LogP contribution in [0, 0.1) is 15.9 Å². The molecule has 2 N–H and O–H groups in total. The highest BCUT2D eigenvalue weighted by atomic mass is 32.1. The minimum atomic E-state index is -0.478. The lowest BCUT2D eigenvalue weighted by atomic mass is 10.1. The summed E-state index contributed by atoms with van der Waals surface area (Å²) < 4.78 is 13.5. The number of hydrogen-bond donors (Lipinski definition) is 2. The average molecular weight is 332 g/mol. The summed E-state index contributed by atoms with van der Waals surface area (Å²) in [6.07, 6.45) is 0. The Bertz CT molecular complexity index is 780. The number of nitrogens with zero attached hydrogens (tertiary/aromatic N) is 2. The van der Waals surface area contributed by atoms with Gasteiger partial charge in [0.25, 0.3) is 5.69 Å². The lowest BCUT2D eigenvalue weighted by Crippen LogP contribution is -2.25. The quantitative estimate of drug-likeness (QED) is 0.388. The average Bonchev–Trinajstić information content (AvgIpc) is 2.55. The number of rotatable bonds is 4. The second kappa shape index (κ2) is 7.41. The fraction of sp³-hybridized carbons (Fsp3) is 0.0667. The van der Waals surface area contributed by atoms with Gasteiger partial charge in [0.1, 0.15) is 5.82 Å². The molecule has 0 unspecified atom stereocenters. The standard InChI is InChI=1S/C15H13FN4O2S/c1-10(11-5-4-6-12(9-11)20(21)22)18-19-15(23)17-14-8-3-2-7-13(14)16/h2-9H,1H3,(H2,17,19,23)/b18-10-. The van der Waals surface area contributed by atoms with Gasteiger partial charge in [0.2, 0.25) is 0 Å². The van der Waals surface area contributed by atoms with Crippen molar-refractivity contribution < 1.29 is 9.31 Å². The topological polar surface area (TPSA) is 79.6 Å². The van der Waals surface area contributed by atoms with Gasteiger partial charge in [0, 0.05) is 17.7 Å². The number of benzene rings is 2. The molecular formula is C15H13FN4O2S. The summed E-state index contributed by atoms with van der Waals surface area (Å²) in [7, 11) is 0. The van der Waals surface area contributed by atoms with Gasteiger partial charge >= 0.3 is 0 Å². The SMILES string of the molecule is C/C(=N/NC(=S)Nc1ccccc1F)c1cccc([N+](=O)[O-])c1. The summed E-state index contributed by atoms with van der Waals surface area (Å²) in [5.74, 6) is -0.434. The fourth-order valence-corrected chi connectivity index (χ4v) is 1.91. The summed E-state index contributed by atoms with van der Waals surface area (Å²) in [6.45, 7) is 1.68. The van der Waals surface area contributed by atoms with Crippen LogP contribution in [0.25, 0.3) is 0 Å². The fourth-order valence-electron chi connectivity index (χ4n) is 1.76. The second-order valence-electron chi connectivity index (χ2n) is 4.55. The molecule has 0 aliphatic carbocycles. The minimum absolute atomic E-state index is 0.0240. The third-order valence-corrected chi connectivity index (χ3v) is 3.12. The summed E-state index contributed by atoms with van der Waals surface area (Å²) in [5.41, 5.74) is 3.87. The Morgan fingerprint density at radius 3 is 2.70 bits per heavy atom. The van der Waals surface area contributed by atoms with Crippen molar-refractivity contribution in [1.82, 2.24) is 5.43 Å². The van der Waals surface area contributed by atoms with Crippen LogP contribution in [-0.4, -0.2) is 15.7 Å². The summed E-state index contributed by atoms with van der Waals surface area (Å²) in [5, 5.41) is 17.6. The number of nitrogens with one attached hydrogen (secondary N) is 2. The first-order valence-corrected chi connectivity index (χ1v) is 6.99. The molecule has 2 rings (SSSR count). The Labute approximate surface area is 137 Å². The zero-order valence-electron chi connectivity index (χ0n) is 12.1. The van der Waals surface area contributed by atoms with Gasteiger partial charge in [-0.1, -0.05) is 24.3 Å². The molecule has 0 aliphatic rings. The molecular weight excluding hydrogens is 319 g/mol. The normalized spacial score (nSPS) is 11.0. The maximum Gasteiger partial charge on any atom is 0.270 e. The lowest BCUT2D eigenvalue weighted by Gasteiger charge is -2.08. The number of halogens is 1. The number of para-hydroxylation sites is 1. The highest BCUT2D eigenvalue weighted by Gasteiger charge is 2.07. The van der Waals surface area contributed by atoms with Crippen molar-refractivity contribution in [1.29, 1.82) is 0 Å². The first-order chi connectivity index (χ1) is 11.0. The van der Waals surface area contributed by atoms with Gasteiger partial charge in [-0.3, -0.25) is 15.5 Å². The monoisotopic (exact) mass is 332 g/mol. The molecule has 6 nitrogen and oxygen atoms in total. The number of hydrogen-bond acceptors (Lipinski definition) is 4. The van der Waals surface area contributed by atoms with Gasteiger partial charge < -0.3 is 5.32 Å². The van der Waals surface area contributed by atoms with Gasteiger partial charge in [-0.2, -0.15) is 5.10 Å². The van der Waals surface area contributed by atoms with E-state index in [-0.39, 0.29) is 16.5 Å². The Morgan fingerprint density at radius 1 is 1.26 bits per heavy atom. The highest BCUT2D eigenvalue weighted by Crippen LogP contribution is 2.14. The van der Waals surface area contributed by atoms with Crippen LogP contribution in [0.2, 0.25) is 0 Å². The van der Waals surface area contributed by atoms with E-state index in [2.05, 4.69) is 15.8 Å². The number of non-ortho nitro benzene ring substituents is 1. The number of nitro benzene ring substituents is 1. The number of anilines is 1. The van der Waals surface area contributed by atoms with Gasteiger partial charge in [-0.15, -0.1) is 0 Å². The number of nitro groups is 1. The van der Waals surface area contributed by atoms with Crippen LogP contribution in [0.15, 0.2) is 53.6 Å². The molecule has 0 fully saturated rings. The van der Waals surface area contributed by atoms with Crippen LogP contribution in [0.5, 0.6) is 0 Å². The van der Waals surface area contributed by atoms with Gasteiger partial charge in [-0.25, -0.2) is 4.39 Å². The third kappa shape index (κ3) is 4.55. The van der Waals surface area contributed by atoms with Crippen LogP contribution in [-0.2, 0) is 0 Å². The summed E-state index contributed by atoms with van der Waals surface area (Å²) in [6, 6.07) is 12.2. The van der Waals surface area contributed by atoms with Crippen molar-refractivity contribution >= 4 is 34.4 Å². The molecule has 2 aromatic carbocycles. The van der Waals surface area contributed by atoms with Gasteiger partial charge in [-0.05, 0) is 31.3 Å². The van der Waals surface area contributed by atoms with Crippen LogP contribution < -0.4 is 10.7 Å². The molecule has 0 amide bonds. The highest BCUT2D eigenvalue weighted by molar-refractivity contribution is 7.80. The van der Waals surface area contributed by atoms with E-state index >= 15 is 0 Å². The smallest absolute Gasteiger partial charge is 0.270 e. The Kier molecular flexibility index (Phi) is 5.32. The van der Waals surface area contributed by atoms with E-state index in [1.54, 1.807) is 37.3 Å². The molecule has 2 aromatic rings. The molecule has 0 atom stereocenters. The predicted molar refractivity (Wildman–Crippen MR) is 91.1 cm³/mol. The van der Waals surface area contributed by atoms with Gasteiger partial charge in [0.15, 0.2) is 5.11 Å². The van der Waals surface area contributed by atoms with Crippen molar-refractivity contribution in [2.75, 3.05) is 5.32 Å². The molecule has 0 aliphatic heterocycles. The van der Waals surface area contributed by atoms with Gasteiger partial charge in [0.05, 0.1) is 16.3 Å². The predicted octanol–water partition coefficient (Wildman–Crippen LogP) is 3.44. The second-order valence-corrected chi connectivity index (χ2v) is 4.96. The third-order valence-electron chi connectivity index (χ3n) is 2.92. The first kappa shape index (κ1) is 16.5. The van der Waals surface area contributed by atoms with Crippen molar-refractivity contribution in [3.8, 4) is 0 Å². The zero-order valence-corrected chi connectivity index (χ0v) is 12.9. The molecule has 23 heavy (non-hydrogen) atoms. The Balaban J connectivity index is 2.04. The minimum Gasteiger partial charge on any atom is -0.329 e. The molecule has 0 aromatic heterocycles. The van der Waals surface area contributed by atoms with Crippen molar-refractivity contribution in [2.24, 2.45) is 5.10 Å². The molecule has 8 heteroatoms. The number of thiocarbonyl (C=S) groups is 1. The Morgan fingerprint density at radius 2 is 2.00 bits per heavy atom. The van der Waals surface area contributed by atoms with E-state index in [0.717, 1.165) is 0 Å². The first-order valence-electron chi connectivity index (χ1n) is 6.58. The molecule has 0 saturated heterocycles. The van der Waals surface area contributed by atoms with E-state index in [9.17, 15) is 14.5 Å². The molecule has 0 heterocycles. The maximum absolute atomic E-state index is 13.5. The largest absolute Gasteiger partial charge is 0.329 e. The van der Waals surface area contributed by atoms with E-state index in [4.69, 9.17) is 12.2 Å². The van der Waals surface area contributed by atoms with E-state index in [1.807, 2.05) is 0 Å². The summed E-state index contributed by atoms with van der Waals surface area (Å²) >= 11 is 5.03. The van der Waals surface area contributed by atoms with Crippen molar-refractivity contribution in [2.45, 2.75) is 6.92 Å². The van der Waals surface area contributed by atoms with E-state index in [1.165, 1.54) is 18.2 Å². The molecule has 0 bridgehead atoms. The van der Waals surface area contributed by atoms with Crippen LogP contribution in [0.4, 0.5) is 15.8 Å². The summed E-state index contributed by atoms with van der Waals surface area (Å²) in [4.78, 5) is 10.3. The number of hydrazone groups is 1. The van der Waals surface area contributed by atoms with E-state index in [0.29, 0.717) is 11.3 Å². The van der Waals surface area contributed by atoms with Crippen molar-refractivity contribution in [3.05, 3.63) is 70.0 Å². The van der Waals surface area contributed by atoms with Crippen LogP contribution in [0.3, 0.4) is 0 Å².